The molecule has 0 saturated carbocycles. The largest absolute Gasteiger partial charge is 0.462 e. The van der Waals surface area contributed by atoms with Gasteiger partial charge in [-0.2, -0.15) is 13.2 Å². The van der Waals surface area contributed by atoms with Crippen LogP contribution in [0.25, 0.3) is 6.08 Å². The van der Waals surface area contributed by atoms with E-state index in [1.807, 2.05) is 0 Å². The summed E-state index contributed by atoms with van der Waals surface area (Å²) in [5.41, 5.74) is 0.987. The Morgan fingerprint density at radius 2 is 1.60 bits per heavy atom. The molecule has 1 aromatic rings. The molecule has 1 aromatic carbocycles. The van der Waals surface area contributed by atoms with E-state index in [1.165, 1.54) is 30.9 Å². The number of halogens is 3. The number of ketones is 1. The Morgan fingerprint density at radius 1 is 1.00 bits per heavy atom. The van der Waals surface area contributed by atoms with E-state index in [0.717, 1.165) is 0 Å². The van der Waals surface area contributed by atoms with E-state index in [2.05, 4.69) is 10.6 Å². The molecule has 2 N–H and O–H groups in total. The van der Waals surface area contributed by atoms with Gasteiger partial charge in [-0.1, -0.05) is 39.8 Å². The maximum Gasteiger partial charge on any atom is 0.452 e. The third kappa shape index (κ3) is 8.65. The van der Waals surface area contributed by atoms with E-state index in [9.17, 15) is 37.1 Å². The molecule has 1 fully saturated rings. The molecule has 1 aliphatic heterocycles. The number of rotatable bonds is 11. The number of alkyl halides is 3. The van der Waals surface area contributed by atoms with Gasteiger partial charge in [-0.05, 0) is 55.4 Å². The summed E-state index contributed by atoms with van der Waals surface area (Å²) in [6.45, 7) is 8.32. The summed E-state index contributed by atoms with van der Waals surface area (Å²) in [5.74, 6) is -5.67. The third-order valence-corrected chi connectivity index (χ3v) is 6.44. The highest BCUT2D eigenvalue weighted by atomic mass is 19.4. The van der Waals surface area contributed by atoms with Crippen molar-refractivity contribution in [2.24, 2.45) is 11.8 Å². The summed E-state index contributed by atoms with van der Waals surface area (Å²) < 4.78 is 44.0. The van der Waals surface area contributed by atoms with E-state index >= 15 is 0 Å². The Morgan fingerprint density at radius 3 is 2.12 bits per heavy atom. The lowest BCUT2D eigenvalue weighted by Crippen LogP contribution is -2.58. The van der Waals surface area contributed by atoms with Crippen LogP contribution in [0, 0.1) is 11.8 Å². The van der Waals surface area contributed by atoms with Gasteiger partial charge in [0.25, 0.3) is 5.78 Å². The van der Waals surface area contributed by atoms with Crippen LogP contribution < -0.4 is 10.6 Å². The first-order valence-corrected chi connectivity index (χ1v) is 13.1. The summed E-state index contributed by atoms with van der Waals surface area (Å²) in [7, 11) is 0. The van der Waals surface area contributed by atoms with Gasteiger partial charge in [-0.15, -0.1) is 0 Å². The number of nitrogens with zero attached hydrogens (tertiary/aromatic N) is 1. The molecule has 12 heteroatoms. The van der Waals surface area contributed by atoms with Gasteiger partial charge in [0.15, 0.2) is 0 Å². The Kier molecular flexibility index (Phi) is 11.4. The van der Waals surface area contributed by atoms with E-state index in [4.69, 9.17) is 4.74 Å². The maximum absolute atomic E-state index is 13.4. The zero-order chi connectivity index (χ0) is 30.2. The molecule has 1 aliphatic rings. The first-order chi connectivity index (χ1) is 18.7. The first kappa shape index (κ1) is 32.5. The summed E-state index contributed by atoms with van der Waals surface area (Å²) in [5, 5.41) is 4.83. The van der Waals surface area contributed by atoms with Crippen molar-refractivity contribution < 1.29 is 41.9 Å². The van der Waals surface area contributed by atoms with Crippen LogP contribution >= 0.6 is 0 Å². The van der Waals surface area contributed by atoms with Crippen LogP contribution in [-0.4, -0.2) is 71.8 Å². The molecule has 1 unspecified atom stereocenters. The van der Waals surface area contributed by atoms with E-state index < -0.39 is 59.7 Å². The fourth-order valence-corrected chi connectivity index (χ4v) is 4.27. The zero-order valence-corrected chi connectivity index (χ0v) is 23.2. The van der Waals surface area contributed by atoms with Gasteiger partial charge < -0.3 is 20.3 Å². The van der Waals surface area contributed by atoms with Crippen LogP contribution in [0.3, 0.4) is 0 Å². The second kappa shape index (κ2) is 14.1. The number of carbonyl (C=O) groups is 5. The summed E-state index contributed by atoms with van der Waals surface area (Å²) in [4.78, 5) is 63.8. The molecule has 1 saturated heterocycles. The van der Waals surface area contributed by atoms with Crippen molar-refractivity contribution in [2.75, 3.05) is 13.2 Å². The molecule has 40 heavy (non-hydrogen) atoms. The van der Waals surface area contributed by atoms with Gasteiger partial charge in [-0.3, -0.25) is 19.2 Å². The second-order valence-corrected chi connectivity index (χ2v) is 10.2. The summed E-state index contributed by atoms with van der Waals surface area (Å²) >= 11 is 0. The van der Waals surface area contributed by atoms with E-state index in [0.29, 0.717) is 17.5 Å². The molecule has 2 rings (SSSR count). The number of amides is 3. The number of hydrogen-bond acceptors (Lipinski definition) is 6. The highest BCUT2D eigenvalue weighted by molar-refractivity contribution is 5.98. The molecular formula is C28H36F3N3O6. The summed E-state index contributed by atoms with van der Waals surface area (Å²) in [6, 6.07) is 2.52. The first-order valence-electron chi connectivity index (χ1n) is 13.1. The Labute approximate surface area is 231 Å². The molecule has 0 aliphatic carbocycles. The molecule has 1 heterocycles. The average molecular weight is 568 g/mol. The molecular weight excluding hydrogens is 531 g/mol. The Balaban J connectivity index is 2.10. The van der Waals surface area contributed by atoms with Gasteiger partial charge in [0.1, 0.15) is 12.1 Å². The van der Waals surface area contributed by atoms with Crippen molar-refractivity contribution in [1.82, 2.24) is 15.5 Å². The molecule has 0 radical (unpaired) electrons. The van der Waals surface area contributed by atoms with E-state index in [-0.39, 0.29) is 25.5 Å². The summed E-state index contributed by atoms with van der Waals surface area (Å²) in [6.07, 6.45) is -1.74. The monoisotopic (exact) mass is 567 g/mol. The molecule has 0 aromatic heterocycles. The lowest BCUT2D eigenvalue weighted by Gasteiger charge is -2.31. The third-order valence-electron chi connectivity index (χ3n) is 6.44. The van der Waals surface area contributed by atoms with Crippen molar-refractivity contribution in [3.05, 3.63) is 41.5 Å². The minimum absolute atomic E-state index is 0.179. The van der Waals surface area contributed by atoms with Crippen molar-refractivity contribution in [3.8, 4) is 0 Å². The molecule has 3 atom stereocenters. The second-order valence-electron chi connectivity index (χ2n) is 10.2. The minimum Gasteiger partial charge on any atom is -0.462 e. The van der Waals surface area contributed by atoms with Gasteiger partial charge in [0, 0.05) is 12.6 Å². The van der Waals surface area contributed by atoms with Crippen LogP contribution in [0.1, 0.15) is 63.4 Å². The number of benzene rings is 1. The number of esters is 1. The number of nitrogens with one attached hydrogen (secondary N) is 2. The van der Waals surface area contributed by atoms with Crippen molar-refractivity contribution in [1.29, 1.82) is 0 Å². The van der Waals surface area contributed by atoms with Gasteiger partial charge in [0.2, 0.25) is 17.7 Å². The number of ether oxygens (including phenoxy) is 1. The maximum atomic E-state index is 13.4. The standard InChI is InChI=1S/C28H36F3N3O6/c1-6-40-27(39)19-12-9-18(10-13-19)11-14-21(35)32-23(17(4)5)26(38)34-15-7-8-20(34)25(37)33-22(16(2)3)24(36)28(29,30)31/h9-14,16-17,20,22-23H,6-8,15H2,1-5H3,(H,32,35)(H,33,37)/b14-11+/t20-,22?,23-/m0/s1. The van der Waals surface area contributed by atoms with Gasteiger partial charge >= 0.3 is 12.1 Å². The van der Waals surface area contributed by atoms with E-state index in [1.54, 1.807) is 45.0 Å². The highest BCUT2D eigenvalue weighted by Gasteiger charge is 2.46. The molecule has 3 amide bonds. The molecule has 9 nitrogen and oxygen atoms in total. The van der Waals surface area contributed by atoms with Crippen molar-refractivity contribution >= 4 is 35.6 Å². The smallest absolute Gasteiger partial charge is 0.452 e. The fourth-order valence-electron chi connectivity index (χ4n) is 4.27. The number of likely N-dealkylation sites (tertiary alicyclic amines) is 1. The van der Waals surface area contributed by atoms with Crippen molar-refractivity contribution in [3.63, 3.8) is 0 Å². The molecule has 0 spiro atoms. The minimum atomic E-state index is -5.11. The van der Waals surface area contributed by atoms with Crippen LogP contribution in [0.4, 0.5) is 13.2 Å². The predicted molar refractivity (Wildman–Crippen MR) is 141 cm³/mol. The highest BCUT2D eigenvalue weighted by Crippen LogP contribution is 2.24. The molecule has 0 bridgehead atoms. The van der Waals surface area contributed by atoms with Gasteiger partial charge in [-0.25, -0.2) is 4.79 Å². The lowest BCUT2D eigenvalue weighted by atomic mass is 9.98. The topological polar surface area (TPSA) is 122 Å². The number of carbonyl (C=O) groups excluding carboxylic acids is 5. The van der Waals surface area contributed by atoms with Crippen LogP contribution in [-0.2, 0) is 23.9 Å². The quantitative estimate of drug-likeness (QED) is 0.313. The molecule has 220 valence electrons. The fraction of sp³-hybridized carbons (Fsp3) is 0.536. The Hall–Kier alpha value is -3.70. The zero-order valence-electron chi connectivity index (χ0n) is 23.2. The number of Topliss-reactive ketones (excluding diaryl/α,β-unsaturated/α-hetero) is 1. The van der Waals surface area contributed by atoms with Crippen LogP contribution in [0.15, 0.2) is 30.3 Å². The average Bonchev–Trinajstić information content (AvgIpc) is 3.38. The van der Waals surface area contributed by atoms with Crippen LogP contribution in [0.5, 0.6) is 0 Å². The van der Waals surface area contributed by atoms with Gasteiger partial charge in [0.05, 0.1) is 18.2 Å². The van der Waals surface area contributed by atoms with Crippen LogP contribution in [0.2, 0.25) is 0 Å². The Bertz CT molecular complexity index is 1120. The predicted octanol–water partition coefficient (Wildman–Crippen LogP) is 3.28. The van der Waals surface area contributed by atoms with Crippen molar-refractivity contribution in [2.45, 2.75) is 71.8 Å². The normalized spacial score (nSPS) is 17.1. The number of hydrogen-bond donors (Lipinski definition) is 2. The SMILES string of the molecule is CCOC(=O)c1ccc(/C=C/C(=O)N[C@H](C(=O)N2CCC[C@H]2C(=O)NC(C(=O)C(F)(F)F)C(C)C)C(C)C)cc1. The lowest BCUT2D eigenvalue weighted by molar-refractivity contribution is -0.175.